The zero-order chi connectivity index (χ0) is 15.4. The van der Waals surface area contributed by atoms with Crippen molar-refractivity contribution in [1.82, 2.24) is 19.7 Å². The van der Waals surface area contributed by atoms with E-state index in [2.05, 4.69) is 21.7 Å². The largest absolute Gasteiger partial charge is 0.339 e. The van der Waals surface area contributed by atoms with Crippen LogP contribution >= 0.6 is 11.3 Å². The van der Waals surface area contributed by atoms with Gasteiger partial charge in [0.2, 0.25) is 5.91 Å². The third-order valence-electron chi connectivity index (χ3n) is 4.09. The summed E-state index contributed by atoms with van der Waals surface area (Å²) in [6, 6.07) is 4.00. The molecule has 2 aromatic heterocycles. The number of carbonyl (C=O) groups is 1. The number of amides is 1. The monoisotopic (exact) mass is 316 g/mol. The maximum Gasteiger partial charge on any atom is 0.246 e. The first-order chi connectivity index (χ1) is 10.8. The van der Waals surface area contributed by atoms with Gasteiger partial charge in [-0.1, -0.05) is 6.07 Å². The van der Waals surface area contributed by atoms with Crippen LogP contribution in [-0.2, 0) is 11.3 Å². The predicted molar refractivity (Wildman–Crippen MR) is 87.6 cm³/mol. The van der Waals surface area contributed by atoms with Crippen molar-refractivity contribution in [3.63, 3.8) is 0 Å². The second-order valence-corrected chi connectivity index (χ2v) is 6.40. The maximum atomic E-state index is 12.2. The summed E-state index contributed by atoms with van der Waals surface area (Å²) >= 11 is 1.64. The minimum absolute atomic E-state index is 0.101. The summed E-state index contributed by atoms with van der Waals surface area (Å²) < 4.78 is 2.10. The fourth-order valence-corrected chi connectivity index (χ4v) is 3.44. The lowest BCUT2D eigenvalue weighted by Gasteiger charge is -2.30. The zero-order valence-electron chi connectivity index (χ0n) is 12.7. The first-order valence-electron chi connectivity index (χ1n) is 7.66. The molecule has 1 saturated heterocycles. The van der Waals surface area contributed by atoms with Crippen LogP contribution in [0.15, 0.2) is 29.9 Å². The van der Waals surface area contributed by atoms with Crippen LogP contribution in [-0.4, -0.2) is 38.7 Å². The Bertz CT molecular complexity index is 639. The second-order valence-electron chi connectivity index (χ2n) is 5.42. The molecule has 0 atom stereocenters. The fraction of sp³-hybridized carbons (Fsp3) is 0.438. The molecule has 0 N–H and O–H groups in total. The number of nitrogens with zero attached hydrogens (tertiary/aromatic N) is 4. The van der Waals surface area contributed by atoms with Crippen LogP contribution in [0, 0.1) is 0 Å². The van der Waals surface area contributed by atoms with Crippen LogP contribution in [0.25, 0.3) is 6.08 Å². The highest BCUT2D eigenvalue weighted by Crippen LogP contribution is 2.26. The quantitative estimate of drug-likeness (QED) is 0.815. The molecule has 6 heteroatoms. The van der Waals surface area contributed by atoms with Crippen LogP contribution in [0.1, 0.15) is 36.4 Å². The number of hydrogen-bond donors (Lipinski definition) is 0. The van der Waals surface area contributed by atoms with Gasteiger partial charge >= 0.3 is 0 Å². The Kier molecular flexibility index (Phi) is 4.68. The molecule has 0 bridgehead atoms. The summed E-state index contributed by atoms with van der Waals surface area (Å²) in [5, 5.41) is 10.3. The highest BCUT2D eigenvalue weighted by atomic mass is 32.1. The van der Waals surface area contributed by atoms with Crippen LogP contribution < -0.4 is 0 Å². The number of carbonyl (C=O) groups excluding carboxylic acids is 1. The fourth-order valence-electron chi connectivity index (χ4n) is 2.83. The molecular formula is C16H20N4OS. The third kappa shape index (κ3) is 3.27. The first kappa shape index (κ1) is 15.0. The molecule has 5 nitrogen and oxygen atoms in total. The summed E-state index contributed by atoms with van der Waals surface area (Å²) in [7, 11) is 0. The Balaban J connectivity index is 1.56. The number of hydrogen-bond acceptors (Lipinski definition) is 4. The number of aromatic nitrogens is 3. The number of rotatable bonds is 4. The van der Waals surface area contributed by atoms with Gasteiger partial charge in [0, 0.05) is 36.5 Å². The van der Waals surface area contributed by atoms with E-state index in [1.165, 1.54) is 0 Å². The van der Waals surface area contributed by atoms with Gasteiger partial charge in [-0.05, 0) is 37.3 Å². The van der Waals surface area contributed by atoms with Gasteiger partial charge in [0.05, 0.1) is 0 Å². The van der Waals surface area contributed by atoms with Crippen molar-refractivity contribution in [2.45, 2.75) is 32.2 Å². The van der Waals surface area contributed by atoms with Gasteiger partial charge in [0.25, 0.3) is 0 Å². The van der Waals surface area contributed by atoms with Crippen molar-refractivity contribution in [2.24, 2.45) is 0 Å². The summed E-state index contributed by atoms with van der Waals surface area (Å²) in [5.74, 6) is 1.57. The molecule has 0 spiro atoms. The summed E-state index contributed by atoms with van der Waals surface area (Å²) in [6.07, 6.45) is 7.28. The Hall–Kier alpha value is -1.95. The van der Waals surface area contributed by atoms with Crippen molar-refractivity contribution in [1.29, 1.82) is 0 Å². The molecule has 1 fully saturated rings. The normalized spacial score (nSPS) is 16.5. The van der Waals surface area contributed by atoms with E-state index in [0.29, 0.717) is 5.92 Å². The molecule has 0 unspecified atom stereocenters. The van der Waals surface area contributed by atoms with E-state index in [1.54, 1.807) is 23.7 Å². The van der Waals surface area contributed by atoms with Crippen molar-refractivity contribution >= 4 is 23.3 Å². The lowest BCUT2D eigenvalue weighted by molar-refractivity contribution is -0.127. The second kappa shape index (κ2) is 6.87. The van der Waals surface area contributed by atoms with Crippen LogP contribution in [0.2, 0.25) is 0 Å². The molecule has 1 aliphatic rings. The van der Waals surface area contributed by atoms with Crippen LogP contribution in [0.5, 0.6) is 0 Å². The smallest absolute Gasteiger partial charge is 0.246 e. The van der Waals surface area contributed by atoms with E-state index in [1.807, 2.05) is 28.5 Å². The van der Waals surface area contributed by atoms with E-state index in [-0.39, 0.29) is 5.91 Å². The molecule has 3 rings (SSSR count). The molecule has 0 aromatic carbocycles. The molecule has 116 valence electrons. The highest BCUT2D eigenvalue weighted by Gasteiger charge is 2.25. The third-order valence-corrected chi connectivity index (χ3v) is 4.93. The Morgan fingerprint density at radius 2 is 2.27 bits per heavy atom. The van der Waals surface area contributed by atoms with Crippen LogP contribution in [0.4, 0.5) is 0 Å². The van der Waals surface area contributed by atoms with Gasteiger partial charge in [-0.25, -0.2) is 0 Å². The topological polar surface area (TPSA) is 51.0 Å². The lowest BCUT2D eigenvalue weighted by atomic mass is 9.96. The standard InChI is InChI=1S/C16H20N4OS/c1-2-19-12-17-18-16(19)13-7-9-20(10-8-13)15(21)6-5-14-4-3-11-22-14/h3-6,11-13H,2,7-10H2,1H3/b6-5+. The SMILES string of the molecule is CCn1cnnc1C1CCN(C(=O)/C=C/c2cccs2)CC1. The van der Waals surface area contributed by atoms with Gasteiger partial charge in [-0.2, -0.15) is 0 Å². The average Bonchev–Trinajstić information content (AvgIpc) is 3.23. The Morgan fingerprint density at radius 3 is 2.95 bits per heavy atom. The summed E-state index contributed by atoms with van der Waals surface area (Å²) in [6.45, 7) is 4.57. The minimum Gasteiger partial charge on any atom is -0.339 e. The molecule has 1 amide bonds. The molecule has 0 saturated carbocycles. The van der Waals surface area contributed by atoms with Gasteiger partial charge in [0.15, 0.2) is 0 Å². The van der Waals surface area contributed by atoms with Gasteiger partial charge in [-0.15, -0.1) is 21.5 Å². The average molecular weight is 316 g/mol. The van der Waals surface area contributed by atoms with Crippen molar-refractivity contribution < 1.29 is 4.79 Å². The molecule has 1 aliphatic heterocycles. The molecule has 0 radical (unpaired) electrons. The molecular weight excluding hydrogens is 296 g/mol. The Morgan fingerprint density at radius 1 is 1.45 bits per heavy atom. The first-order valence-corrected chi connectivity index (χ1v) is 8.54. The summed E-state index contributed by atoms with van der Waals surface area (Å²) in [5.41, 5.74) is 0. The van der Waals surface area contributed by atoms with Gasteiger partial charge in [-0.3, -0.25) is 4.79 Å². The van der Waals surface area contributed by atoms with Gasteiger partial charge < -0.3 is 9.47 Å². The highest BCUT2D eigenvalue weighted by molar-refractivity contribution is 7.10. The summed E-state index contributed by atoms with van der Waals surface area (Å²) in [4.78, 5) is 15.3. The molecule has 0 aliphatic carbocycles. The van der Waals surface area contributed by atoms with Crippen LogP contribution in [0.3, 0.4) is 0 Å². The van der Waals surface area contributed by atoms with Crippen molar-refractivity contribution in [3.8, 4) is 0 Å². The number of piperidine rings is 1. The minimum atomic E-state index is 0.101. The van der Waals surface area contributed by atoms with E-state index in [4.69, 9.17) is 0 Å². The number of likely N-dealkylation sites (tertiary alicyclic amines) is 1. The van der Waals surface area contributed by atoms with Crippen molar-refractivity contribution in [3.05, 3.63) is 40.6 Å². The number of thiophene rings is 1. The predicted octanol–water partition coefficient (Wildman–Crippen LogP) is 2.78. The maximum absolute atomic E-state index is 12.2. The zero-order valence-corrected chi connectivity index (χ0v) is 13.5. The molecule has 3 heterocycles. The van der Waals surface area contributed by atoms with E-state index < -0.39 is 0 Å². The van der Waals surface area contributed by atoms with E-state index in [0.717, 1.165) is 43.2 Å². The van der Waals surface area contributed by atoms with Crippen molar-refractivity contribution in [2.75, 3.05) is 13.1 Å². The lowest BCUT2D eigenvalue weighted by Crippen LogP contribution is -2.37. The Labute approximate surface area is 134 Å². The van der Waals surface area contributed by atoms with E-state index >= 15 is 0 Å². The number of aryl methyl sites for hydroxylation is 1. The molecule has 2 aromatic rings. The van der Waals surface area contributed by atoms with Gasteiger partial charge in [0.1, 0.15) is 12.2 Å². The molecule has 22 heavy (non-hydrogen) atoms. The van der Waals surface area contributed by atoms with E-state index in [9.17, 15) is 4.79 Å².